The summed E-state index contributed by atoms with van der Waals surface area (Å²) in [5, 5.41) is 5.12. The average Bonchev–Trinajstić information content (AvgIpc) is 3.92. The van der Waals surface area contributed by atoms with Crippen molar-refractivity contribution in [2.75, 3.05) is 27.2 Å². The van der Waals surface area contributed by atoms with Crippen LogP contribution in [-0.4, -0.2) is 82.2 Å². The number of carbonyl (C=O) groups excluding carboxylic acids is 4. The molecule has 0 bridgehead atoms. The zero-order valence-corrected chi connectivity index (χ0v) is 34.7. The Labute approximate surface area is 330 Å². The van der Waals surface area contributed by atoms with Gasteiger partial charge in [0.05, 0.1) is 18.2 Å². The lowest BCUT2D eigenvalue weighted by Gasteiger charge is -2.38. The SMILES string of the molecule is C=C(OCC)c1ncoc1[C@H](Cc1ccccc1)NC(=O)c1csc([C@@H](C[C@H](C(C)C)N(C)C(=O)[C@@H](CC(=O)[C@@]2(C)CCCN2C)[C@@H](C)CC)OC(C)=O)n1. The van der Waals surface area contributed by atoms with Crippen molar-refractivity contribution < 1.29 is 33.1 Å². The molecule has 12 nitrogen and oxygen atoms in total. The third-order valence-electron chi connectivity index (χ3n) is 11.1. The van der Waals surface area contributed by atoms with Crippen molar-refractivity contribution in [1.82, 2.24) is 25.1 Å². The lowest BCUT2D eigenvalue weighted by Crippen LogP contribution is -2.50. The van der Waals surface area contributed by atoms with Crippen LogP contribution in [0.2, 0.25) is 0 Å². The van der Waals surface area contributed by atoms with Gasteiger partial charge in [-0.25, -0.2) is 9.97 Å². The molecular weight excluding hydrogens is 719 g/mol. The number of aromatic nitrogens is 2. The van der Waals surface area contributed by atoms with Gasteiger partial charge in [-0.1, -0.05) is 71.0 Å². The van der Waals surface area contributed by atoms with Crippen molar-refractivity contribution in [2.24, 2.45) is 17.8 Å². The van der Waals surface area contributed by atoms with Crippen molar-refractivity contribution in [2.45, 2.75) is 111 Å². The second-order valence-electron chi connectivity index (χ2n) is 15.2. The van der Waals surface area contributed by atoms with Gasteiger partial charge in [0.2, 0.25) is 5.91 Å². The molecular formula is C42H59N5O7S. The Bertz CT molecular complexity index is 1770. The maximum atomic E-state index is 14.4. The Morgan fingerprint density at radius 2 is 1.85 bits per heavy atom. The minimum atomic E-state index is -0.822. The number of nitrogens with one attached hydrogen (secondary N) is 1. The molecule has 1 fully saturated rings. The highest BCUT2D eigenvalue weighted by Gasteiger charge is 2.44. The number of ether oxygens (including phenoxy) is 2. The number of hydrogen-bond donors (Lipinski definition) is 1. The van der Waals surface area contributed by atoms with Crippen LogP contribution in [0, 0.1) is 17.8 Å². The molecule has 6 atom stereocenters. The zero-order chi connectivity index (χ0) is 40.4. The van der Waals surface area contributed by atoms with Crippen molar-refractivity contribution >= 4 is 40.7 Å². The van der Waals surface area contributed by atoms with Crippen LogP contribution in [0.4, 0.5) is 0 Å². The number of benzene rings is 1. The summed E-state index contributed by atoms with van der Waals surface area (Å²) in [4.78, 5) is 67.2. The predicted molar refractivity (Wildman–Crippen MR) is 213 cm³/mol. The molecule has 0 radical (unpaired) electrons. The molecule has 55 heavy (non-hydrogen) atoms. The van der Waals surface area contributed by atoms with E-state index in [1.807, 2.05) is 78.9 Å². The number of amides is 2. The smallest absolute Gasteiger partial charge is 0.303 e. The molecule has 1 aliphatic rings. The van der Waals surface area contributed by atoms with E-state index in [0.717, 1.165) is 31.4 Å². The number of esters is 1. The summed E-state index contributed by atoms with van der Waals surface area (Å²) in [6.45, 7) is 18.5. The van der Waals surface area contributed by atoms with Crippen molar-refractivity contribution in [3.05, 3.63) is 76.4 Å². The molecule has 2 amide bonds. The van der Waals surface area contributed by atoms with E-state index in [0.29, 0.717) is 35.2 Å². The monoisotopic (exact) mass is 777 g/mol. The summed E-state index contributed by atoms with van der Waals surface area (Å²) in [5.41, 5.74) is 0.944. The second-order valence-corrected chi connectivity index (χ2v) is 16.1. The van der Waals surface area contributed by atoms with Gasteiger partial charge in [-0.2, -0.15) is 0 Å². The molecule has 1 N–H and O–H groups in total. The number of oxazole rings is 1. The van der Waals surface area contributed by atoms with E-state index in [2.05, 4.69) is 26.8 Å². The highest BCUT2D eigenvalue weighted by Crippen LogP contribution is 2.35. The van der Waals surface area contributed by atoms with Gasteiger partial charge in [-0.3, -0.25) is 24.1 Å². The molecule has 0 spiro atoms. The van der Waals surface area contributed by atoms with Gasteiger partial charge in [0, 0.05) is 50.6 Å². The minimum Gasteiger partial charge on any atom is -0.492 e. The number of carbonyl (C=O) groups is 4. The van der Waals surface area contributed by atoms with E-state index in [1.54, 1.807) is 17.3 Å². The lowest BCUT2D eigenvalue weighted by atomic mass is 9.80. The van der Waals surface area contributed by atoms with Crippen LogP contribution in [0.15, 0.2) is 53.1 Å². The number of thiazole rings is 1. The molecule has 1 aliphatic heterocycles. The molecule has 0 unspecified atom stereocenters. The van der Waals surface area contributed by atoms with Crippen LogP contribution in [-0.2, 0) is 30.3 Å². The molecule has 0 saturated carbocycles. The van der Waals surface area contributed by atoms with Gasteiger partial charge >= 0.3 is 5.97 Å². The standard InChI is InChI=1S/C42H59N5O7S/c1-11-27(5)31(22-36(49)42(8)19-16-20-46(42)9)41(51)47(10)34(26(3)4)23-35(54-29(7)48)40-45-33(24-55-40)39(50)44-32(21-30-17-14-13-15-18-30)38-37(43-25-53-38)28(6)52-12-2/h13-15,17-18,24-27,31-32,34-35H,6,11-12,16,19-23H2,1-5,7-10H3,(H,44,50)/t27-,31-,32-,34+,35+,42+/m0/s1. The molecule has 4 rings (SSSR count). The third kappa shape index (κ3) is 10.7. The Kier molecular flexibility index (Phi) is 15.4. The fraction of sp³-hybridized carbons (Fsp3) is 0.571. The fourth-order valence-electron chi connectivity index (χ4n) is 7.39. The Morgan fingerprint density at radius 3 is 2.45 bits per heavy atom. The number of ketones is 1. The molecule has 1 saturated heterocycles. The second kappa shape index (κ2) is 19.5. The van der Waals surface area contributed by atoms with Crippen LogP contribution in [0.3, 0.4) is 0 Å². The molecule has 300 valence electrons. The maximum Gasteiger partial charge on any atom is 0.303 e. The average molecular weight is 778 g/mol. The van der Waals surface area contributed by atoms with Crippen LogP contribution < -0.4 is 5.32 Å². The summed E-state index contributed by atoms with van der Waals surface area (Å²) in [6.07, 6.45) is 3.79. The lowest BCUT2D eigenvalue weighted by molar-refractivity contribution is -0.149. The van der Waals surface area contributed by atoms with E-state index < -0.39 is 35.5 Å². The number of hydrogen-bond acceptors (Lipinski definition) is 11. The van der Waals surface area contributed by atoms with E-state index in [4.69, 9.17) is 13.9 Å². The normalized spacial score (nSPS) is 18.6. The Hall–Kier alpha value is -4.36. The summed E-state index contributed by atoms with van der Waals surface area (Å²) >= 11 is 1.21. The summed E-state index contributed by atoms with van der Waals surface area (Å²) in [7, 11) is 3.75. The van der Waals surface area contributed by atoms with Crippen LogP contribution in [0.25, 0.3) is 5.76 Å². The largest absolute Gasteiger partial charge is 0.492 e. The van der Waals surface area contributed by atoms with Gasteiger partial charge < -0.3 is 24.1 Å². The van der Waals surface area contributed by atoms with Gasteiger partial charge in [0.1, 0.15) is 22.2 Å². The van der Waals surface area contributed by atoms with E-state index >= 15 is 0 Å². The van der Waals surface area contributed by atoms with Crippen molar-refractivity contribution in [3.8, 4) is 0 Å². The third-order valence-corrected chi connectivity index (χ3v) is 12.1. The van der Waals surface area contributed by atoms with Crippen molar-refractivity contribution in [1.29, 1.82) is 0 Å². The first-order valence-electron chi connectivity index (χ1n) is 19.3. The first-order chi connectivity index (χ1) is 26.1. The molecule has 1 aromatic carbocycles. The van der Waals surface area contributed by atoms with Gasteiger partial charge in [0.15, 0.2) is 24.0 Å². The first kappa shape index (κ1) is 43.4. The van der Waals surface area contributed by atoms with E-state index in [-0.39, 0.29) is 48.1 Å². The number of Topliss-reactive ketones (excluding diaryl/α,β-unsaturated/α-hetero) is 1. The molecule has 13 heteroatoms. The highest BCUT2D eigenvalue weighted by molar-refractivity contribution is 7.09. The summed E-state index contributed by atoms with van der Waals surface area (Å²) in [5.74, 6) is -0.759. The Balaban J connectivity index is 1.57. The minimum absolute atomic E-state index is 0.0117. The predicted octanol–water partition coefficient (Wildman–Crippen LogP) is 7.44. The zero-order valence-electron chi connectivity index (χ0n) is 33.9. The molecule has 2 aromatic heterocycles. The summed E-state index contributed by atoms with van der Waals surface area (Å²) in [6, 6.07) is 8.69. The molecule has 3 aromatic rings. The van der Waals surface area contributed by atoms with Crippen molar-refractivity contribution in [3.63, 3.8) is 0 Å². The van der Waals surface area contributed by atoms with Crippen LogP contribution >= 0.6 is 11.3 Å². The van der Waals surface area contributed by atoms with Gasteiger partial charge in [-0.15, -0.1) is 11.3 Å². The number of nitrogens with zero attached hydrogens (tertiary/aromatic N) is 4. The number of likely N-dealkylation sites (N-methyl/N-ethyl adjacent to an activating group) is 1. The van der Waals surface area contributed by atoms with E-state index in [1.165, 1.54) is 24.7 Å². The summed E-state index contributed by atoms with van der Waals surface area (Å²) < 4.78 is 17.3. The van der Waals surface area contributed by atoms with Crippen LogP contribution in [0.5, 0.6) is 0 Å². The van der Waals surface area contributed by atoms with E-state index in [9.17, 15) is 19.2 Å². The Morgan fingerprint density at radius 1 is 1.15 bits per heavy atom. The number of rotatable bonds is 20. The van der Waals surface area contributed by atoms with Gasteiger partial charge in [0.25, 0.3) is 5.91 Å². The molecule has 0 aliphatic carbocycles. The van der Waals surface area contributed by atoms with Crippen LogP contribution in [0.1, 0.15) is 125 Å². The quantitative estimate of drug-likeness (QED) is 0.0909. The first-order valence-corrected chi connectivity index (χ1v) is 20.2. The topological polar surface area (TPSA) is 144 Å². The molecule has 3 heterocycles. The number of likely N-dealkylation sites (tertiary alicyclic amines) is 1. The fourth-order valence-corrected chi connectivity index (χ4v) is 8.23. The highest BCUT2D eigenvalue weighted by atomic mass is 32.1. The van der Waals surface area contributed by atoms with Gasteiger partial charge in [-0.05, 0) is 57.7 Å². The maximum absolute atomic E-state index is 14.4.